The van der Waals surface area contributed by atoms with Crippen molar-refractivity contribution in [1.29, 1.82) is 0 Å². The van der Waals surface area contributed by atoms with Gasteiger partial charge in [-0.1, -0.05) is 30.3 Å². The van der Waals surface area contributed by atoms with E-state index in [9.17, 15) is 17.6 Å². The van der Waals surface area contributed by atoms with Crippen LogP contribution >= 0.6 is 0 Å². The molecule has 0 spiro atoms. The molecule has 0 heterocycles. The first kappa shape index (κ1) is 18.6. The van der Waals surface area contributed by atoms with Gasteiger partial charge in [0.1, 0.15) is 5.82 Å². The maximum atomic E-state index is 13.3. The number of benzene rings is 3. The number of sulfonamides is 1. The van der Waals surface area contributed by atoms with Crippen LogP contribution < -0.4 is 10.0 Å². The number of carbonyl (C=O) groups is 1. The lowest BCUT2D eigenvalue weighted by Gasteiger charge is -2.12. The molecule has 3 aromatic rings. The maximum absolute atomic E-state index is 13.3. The zero-order chi connectivity index (χ0) is 19.4. The summed E-state index contributed by atoms with van der Waals surface area (Å²) < 4.78 is 40.8. The largest absolute Gasteiger partial charge is 0.322 e. The number of anilines is 2. The molecule has 3 rings (SSSR count). The van der Waals surface area contributed by atoms with Crippen LogP contribution in [0, 0.1) is 12.7 Å². The molecule has 0 aliphatic heterocycles. The summed E-state index contributed by atoms with van der Waals surface area (Å²) in [5, 5.41) is 2.58. The molecule has 0 unspecified atom stereocenters. The summed E-state index contributed by atoms with van der Waals surface area (Å²) in [6.45, 7) is 1.73. The number of amides is 1. The normalized spacial score (nSPS) is 11.0. The van der Waals surface area contributed by atoms with Crippen LogP contribution in [0.1, 0.15) is 15.9 Å². The highest BCUT2D eigenvalue weighted by Gasteiger charge is 2.16. The van der Waals surface area contributed by atoms with Crippen molar-refractivity contribution >= 4 is 27.3 Å². The highest BCUT2D eigenvalue weighted by molar-refractivity contribution is 7.92. The number of aryl methyl sites for hydroxylation is 1. The standard InChI is InChI=1S/C20H17FN2O3S/c1-14-10-11-15(20(24)22-17-7-5-6-16(21)13-17)12-19(14)23-27(25,26)18-8-3-2-4-9-18/h2-13,23H,1H3,(H,22,24). The maximum Gasteiger partial charge on any atom is 0.261 e. The lowest BCUT2D eigenvalue weighted by molar-refractivity contribution is 0.102. The molecule has 0 fully saturated rings. The van der Waals surface area contributed by atoms with Gasteiger partial charge in [-0.25, -0.2) is 12.8 Å². The van der Waals surface area contributed by atoms with Gasteiger partial charge in [-0.15, -0.1) is 0 Å². The fraction of sp³-hybridized carbons (Fsp3) is 0.0500. The van der Waals surface area contributed by atoms with Gasteiger partial charge in [0.05, 0.1) is 10.6 Å². The van der Waals surface area contributed by atoms with Crippen LogP contribution in [0.25, 0.3) is 0 Å². The summed E-state index contributed by atoms with van der Waals surface area (Å²) in [4.78, 5) is 12.5. The highest BCUT2D eigenvalue weighted by Crippen LogP contribution is 2.22. The minimum Gasteiger partial charge on any atom is -0.322 e. The van der Waals surface area contributed by atoms with Crippen molar-refractivity contribution in [2.24, 2.45) is 0 Å². The molecule has 1 amide bonds. The van der Waals surface area contributed by atoms with Crippen molar-refractivity contribution in [3.05, 3.63) is 89.7 Å². The summed E-state index contributed by atoms with van der Waals surface area (Å²) >= 11 is 0. The number of nitrogens with one attached hydrogen (secondary N) is 2. The molecule has 0 atom stereocenters. The second-order valence-corrected chi connectivity index (χ2v) is 7.60. The monoisotopic (exact) mass is 384 g/mol. The molecular formula is C20H17FN2O3S. The molecule has 5 nitrogen and oxygen atoms in total. The quantitative estimate of drug-likeness (QED) is 0.693. The number of hydrogen-bond donors (Lipinski definition) is 2. The Kier molecular flexibility index (Phi) is 5.23. The van der Waals surface area contributed by atoms with Crippen molar-refractivity contribution in [2.75, 3.05) is 10.0 Å². The van der Waals surface area contributed by atoms with Crippen LogP contribution in [0.5, 0.6) is 0 Å². The summed E-state index contributed by atoms with van der Waals surface area (Å²) in [5.74, 6) is -0.936. The second-order valence-electron chi connectivity index (χ2n) is 5.91. The van der Waals surface area contributed by atoms with Gasteiger partial charge in [0.25, 0.3) is 15.9 Å². The number of carbonyl (C=O) groups excluding carboxylic acids is 1. The summed E-state index contributed by atoms with van der Waals surface area (Å²) in [7, 11) is -3.77. The molecule has 0 aliphatic rings. The zero-order valence-electron chi connectivity index (χ0n) is 14.4. The second kappa shape index (κ2) is 7.59. The van der Waals surface area contributed by atoms with Gasteiger partial charge >= 0.3 is 0 Å². The third-order valence-corrected chi connectivity index (χ3v) is 5.26. The van der Waals surface area contributed by atoms with Crippen LogP contribution in [0.15, 0.2) is 77.7 Å². The van der Waals surface area contributed by atoms with Crippen molar-refractivity contribution in [3.63, 3.8) is 0 Å². The van der Waals surface area contributed by atoms with E-state index in [1.165, 1.54) is 36.4 Å². The lowest BCUT2D eigenvalue weighted by Crippen LogP contribution is -2.16. The van der Waals surface area contributed by atoms with Crippen molar-refractivity contribution < 1.29 is 17.6 Å². The molecule has 0 saturated carbocycles. The van der Waals surface area contributed by atoms with Gasteiger partial charge in [-0.2, -0.15) is 0 Å². The molecule has 0 radical (unpaired) electrons. The highest BCUT2D eigenvalue weighted by atomic mass is 32.2. The third kappa shape index (κ3) is 4.51. The predicted molar refractivity (Wildman–Crippen MR) is 103 cm³/mol. The lowest BCUT2D eigenvalue weighted by atomic mass is 10.1. The average molecular weight is 384 g/mol. The van der Waals surface area contributed by atoms with Gasteiger partial charge in [-0.3, -0.25) is 9.52 Å². The van der Waals surface area contributed by atoms with Gasteiger partial charge in [0, 0.05) is 11.3 Å². The topological polar surface area (TPSA) is 75.3 Å². The van der Waals surface area contributed by atoms with Gasteiger partial charge in [-0.05, 0) is 55.0 Å². The predicted octanol–water partition coefficient (Wildman–Crippen LogP) is 4.19. The smallest absolute Gasteiger partial charge is 0.261 e. The Morgan fingerprint density at radius 2 is 1.67 bits per heavy atom. The Hall–Kier alpha value is -3.19. The summed E-state index contributed by atoms with van der Waals surface area (Å²) in [6, 6.07) is 18.1. The van der Waals surface area contributed by atoms with Gasteiger partial charge in [0.2, 0.25) is 0 Å². The fourth-order valence-electron chi connectivity index (χ4n) is 2.45. The SMILES string of the molecule is Cc1ccc(C(=O)Nc2cccc(F)c2)cc1NS(=O)(=O)c1ccccc1. The van der Waals surface area contributed by atoms with E-state index >= 15 is 0 Å². The van der Waals surface area contributed by atoms with Crippen LogP contribution in [0.4, 0.5) is 15.8 Å². The van der Waals surface area contributed by atoms with E-state index in [-0.39, 0.29) is 10.5 Å². The number of rotatable bonds is 5. The van der Waals surface area contributed by atoms with E-state index in [0.29, 0.717) is 16.9 Å². The Morgan fingerprint density at radius 1 is 0.926 bits per heavy atom. The minimum absolute atomic E-state index is 0.124. The van der Waals surface area contributed by atoms with Gasteiger partial charge in [0.15, 0.2) is 0 Å². The van der Waals surface area contributed by atoms with Crippen LogP contribution in [-0.4, -0.2) is 14.3 Å². The van der Waals surface area contributed by atoms with Crippen LogP contribution in [-0.2, 0) is 10.0 Å². The Morgan fingerprint density at radius 3 is 2.37 bits per heavy atom. The molecule has 138 valence electrons. The van der Waals surface area contributed by atoms with E-state index in [4.69, 9.17) is 0 Å². The molecule has 0 bridgehead atoms. The van der Waals surface area contributed by atoms with Gasteiger partial charge < -0.3 is 5.32 Å². The molecule has 0 aliphatic carbocycles. The molecule has 3 aromatic carbocycles. The number of hydrogen-bond acceptors (Lipinski definition) is 3. The summed E-state index contributed by atoms with van der Waals surface area (Å²) in [6.07, 6.45) is 0. The molecular weight excluding hydrogens is 367 g/mol. The van der Waals surface area contributed by atoms with Crippen LogP contribution in [0.3, 0.4) is 0 Å². The molecule has 7 heteroatoms. The number of halogens is 1. The Balaban J connectivity index is 1.85. The summed E-state index contributed by atoms with van der Waals surface area (Å²) in [5.41, 5.74) is 1.52. The third-order valence-electron chi connectivity index (χ3n) is 3.88. The van der Waals surface area contributed by atoms with E-state index in [1.807, 2.05) is 0 Å². The van der Waals surface area contributed by atoms with Crippen molar-refractivity contribution in [1.82, 2.24) is 0 Å². The molecule has 0 saturated heterocycles. The average Bonchev–Trinajstić information content (AvgIpc) is 2.64. The van der Waals surface area contributed by atoms with E-state index in [0.717, 1.165) is 0 Å². The van der Waals surface area contributed by atoms with Crippen molar-refractivity contribution in [3.8, 4) is 0 Å². The Bertz CT molecular complexity index is 1080. The molecule has 0 aromatic heterocycles. The minimum atomic E-state index is -3.77. The van der Waals surface area contributed by atoms with E-state index < -0.39 is 21.7 Å². The van der Waals surface area contributed by atoms with E-state index in [2.05, 4.69) is 10.0 Å². The first-order chi connectivity index (χ1) is 12.8. The zero-order valence-corrected chi connectivity index (χ0v) is 15.3. The Labute approximate surface area is 156 Å². The molecule has 2 N–H and O–H groups in total. The van der Waals surface area contributed by atoms with E-state index in [1.54, 1.807) is 43.3 Å². The van der Waals surface area contributed by atoms with Crippen LogP contribution in [0.2, 0.25) is 0 Å². The first-order valence-corrected chi connectivity index (χ1v) is 9.59. The first-order valence-electron chi connectivity index (χ1n) is 8.10. The van der Waals surface area contributed by atoms with Crippen molar-refractivity contribution in [2.45, 2.75) is 11.8 Å². The fourth-order valence-corrected chi connectivity index (χ4v) is 3.59. The molecule has 27 heavy (non-hydrogen) atoms.